The average molecular weight is 521 g/mol. The summed E-state index contributed by atoms with van der Waals surface area (Å²) in [5, 5.41) is 9.69. The highest BCUT2D eigenvalue weighted by molar-refractivity contribution is 7.13. The van der Waals surface area contributed by atoms with E-state index in [9.17, 15) is 8.78 Å². The first kappa shape index (κ1) is 23.1. The smallest absolute Gasteiger partial charge is 0.138 e. The summed E-state index contributed by atoms with van der Waals surface area (Å²) in [6, 6.07) is 13.6. The number of hydrogen-bond donors (Lipinski definition) is 0. The van der Waals surface area contributed by atoms with Crippen LogP contribution in [-0.2, 0) is 26.1 Å². The fourth-order valence-corrected chi connectivity index (χ4v) is 6.20. The molecule has 0 amide bonds. The number of benzene rings is 2. The molecule has 1 aliphatic rings. The van der Waals surface area contributed by atoms with Crippen LogP contribution < -0.4 is 0 Å². The predicted octanol–water partition coefficient (Wildman–Crippen LogP) is 5.82. The molecular weight excluding hydrogens is 498 g/mol. The third kappa shape index (κ3) is 4.71. The Morgan fingerprint density at radius 3 is 2.03 bits per heavy atom. The molecule has 1 atom stereocenters. The number of fused-ring (bicyclic) bond motifs is 1. The summed E-state index contributed by atoms with van der Waals surface area (Å²) in [5.41, 5.74) is 2.79. The average Bonchev–Trinajstić information content (AvgIpc) is 3.65. The minimum Gasteiger partial charge on any atom is -0.287 e. The van der Waals surface area contributed by atoms with Crippen LogP contribution in [0.3, 0.4) is 0 Å². The second-order valence-corrected chi connectivity index (χ2v) is 10.4. The molecule has 10 heteroatoms. The third-order valence-corrected chi connectivity index (χ3v) is 8.19. The highest BCUT2D eigenvalue weighted by atomic mass is 32.1. The Balaban J connectivity index is 1.27. The standard InChI is InChI=1S/C26H22F2N6S2/c27-22-7-3-1-5-20(22)25-31-17(14-35-25)11-33(19-9-10-24-29-16-30-34(24)13-19)12-18-15-36-26(32-18)21-6-2-4-8-23(21)28/h1-8,14-16,19H,9-13H2/t19-/m0/s1. The van der Waals surface area contributed by atoms with Crippen molar-refractivity contribution in [1.29, 1.82) is 0 Å². The summed E-state index contributed by atoms with van der Waals surface area (Å²) in [6.07, 6.45) is 3.38. The largest absolute Gasteiger partial charge is 0.287 e. The van der Waals surface area contributed by atoms with E-state index in [4.69, 9.17) is 9.97 Å². The van der Waals surface area contributed by atoms with Crippen molar-refractivity contribution in [2.45, 2.75) is 38.5 Å². The first-order valence-electron chi connectivity index (χ1n) is 11.6. The lowest BCUT2D eigenvalue weighted by atomic mass is 10.1. The highest BCUT2D eigenvalue weighted by Gasteiger charge is 2.27. The highest BCUT2D eigenvalue weighted by Crippen LogP contribution is 2.30. The van der Waals surface area contributed by atoms with Gasteiger partial charge in [0.25, 0.3) is 0 Å². The molecule has 2 aromatic carbocycles. The Morgan fingerprint density at radius 2 is 1.44 bits per heavy atom. The molecule has 0 unspecified atom stereocenters. The molecule has 0 spiro atoms. The van der Waals surface area contributed by atoms with Crippen LogP contribution in [0, 0.1) is 11.6 Å². The van der Waals surface area contributed by atoms with Crippen molar-refractivity contribution in [3.8, 4) is 21.1 Å². The van der Waals surface area contributed by atoms with Crippen LogP contribution in [-0.4, -0.2) is 35.7 Å². The normalized spacial score (nSPS) is 15.4. The van der Waals surface area contributed by atoms with Gasteiger partial charge in [0.2, 0.25) is 0 Å². The maximum atomic E-state index is 14.3. The summed E-state index contributed by atoms with van der Waals surface area (Å²) in [6.45, 7) is 1.91. The van der Waals surface area contributed by atoms with E-state index in [2.05, 4.69) is 15.0 Å². The molecule has 182 valence electrons. The molecule has 0 radical (unpaired) electrons. The molecule has 36 heavy (non-hydrogen) atoms. The number of aryl methyl sites for hydroxylation is 1. The number of thiazole rings is 2. The van der Waals surface area contributed by atoms with Gasteiger partial charge < -0.3 is 0 Å². The van der Waals surface area contributed by atoms with Gasteiger partial charge in [0, 0.05) is 47.4 Å². The monoisotopic (exact) mass is 520 g/mol. The second-order valence-electron chi connectivity index (χ2n) is 8.70. The van der Waals surface area contributed by atoms with Gasteiger partial charge in [-0.1, -0.05) is 24.3 Å². The van der Waals surface area contributed by atoms with Gasteiger partial charge in [0.1, 0.15) is 33.8 Å². The van der Waals surface area contributed by atoms with Crippen molar-refractivity contribution in [3.63, 3.8) is 0 Å². The van der Waals surface area contributed by atoms with E-state index in [1.165, 1.54) is 34.8 Å². The Bertz CT molecular complexity index is 1410. The summed E-state index contributed by atoms with van der Waals surface area (Å²) in [7, 11) is 0. The second kappa shape index (κ2) is 9.96. The van der Waals surface area contributed by atoms with Crippen molar-refractivity contribution in [2.75, 3.05) is 0 Å². The van der Waals surface area contributed by atoms with Crippen LogP contribution in [0.5, 0.6) is 0 Å². The van der Waals surface area contributed by atoms with Gasteiger partial charge >= 0.3 is 0 Å². The van der Waals surface area contributed by atoms with Gasteiger partial charge in [-0.2, -0.15) is 5.10 Å². The Labute approximate surface area is 214 Å². The zero-order chi connectivity index (χ0) is 24.5. The molecule has 6 nitrogen and oxygen atoms in total. The number of aromatic nitrogens is 5. The molecule has 0 saturated carbocycles. The van der Waals surface area contributed by atoms with E-state index < -0.39 is 0 Å². The van der Waals surface area contributed by atoms with Crippen molar-refractivity contribution >= 4 is 22.7 Å². The van der Waals surface area contributed by atoms with Gasteiger partial charge in [-0.05, 0) is 30.7 Å². The Kier molecular flexibility index (Phi) is 6.39. The van der Waals surface area contributed by atoms with Crippen molar-refractivity contribution in [2.24, 2.45) is 0 Å². The SMILES string of the molecule is Fc1ccccc1-c1nc(CN(Cc2csc(-c3ccccc3F)n2)[C@H]2CCc3ncnn3C2)cs1. The molecule has 0 saturated heterocycles. The van der Waals surface area contributed by atoms with Crippen LogP contribution in [0.25, 0.3) is 21.1 Å². The molecule has 0 N–H and O–H groups in total. The fourth-order valence-electron chi connectivity index (χ4n) is 4.53. The zero-order valence-corrected chi connectivity index (χ0v) is 20.9. The topological polar surface area (TPSA) is 59.7 Å². The minimum absolute atomic E-state index is 0.205. The summed E-state index contributed by atoms with van der Waals surface area (Å²) in [4.78, 5) is 16.2. The molecule has 0 aliphatic carbocycles. The van der Waals surface area contributed by atoms with E-state index >= 15 is 0 Å². The van der Waals surface area contributed by atoms with Gasteiger partial charge in [-0.15, -0.1) is 22.7 Å². The maximum absolute atomic E-state index is 14.3. The summed E-state index contributed by atoms with van der Waals surface area (Å²) < 4.78 is 30.6. The van der Waals surface area contributed by atoms with E-state index in [0.717, 1.165) is 36.6 Å². The van der Waals surface area contributed by atoms with E-state index in [-0.39, 0.29) is 17.7 Å². The lowest BCUT2D eigenvalue weighted by Crippen LogP contribution is -2.41. The number of hydrogen-bond acceptors (Lipinski definition) is 7. The van der Waals surface area contributed by atoms with Crippen molar-refractivity contribution in [3.05, 3.63) is 94.5 Å². The van der Waals surface area contributed by atoms with Gasteiger partial charge in [0.05, 0.1) is 17.9 Å². The lowest BCUT2D eigenvalue weighted by Gasteiger charge is -2.33. The molecular formula is C26H22F2N6S2. The van der Waals surface area contributed by atoms with Crippen LogP contribution in [0.4, 0.5) is 8.78 Å². The Hall–Kier alpha value is -3.34. The molecule has 3 aromatic heterocycles. The zero-order valence-electron chi connectivity index (χ0n) is 19.2. The van der Waals surface area contributed by atoms with Gasteiger partial charge in [0.15, 0.2) is 0 Å². The quantitative estimate of drug-likeness (QED) is 0.271. The third-order valence-electron chi connectivity index (χ3n) is 6.34. The van der Waals surface area contributed by atoms with Crippen LogP contribution in [0.1, 0.15) is 23.6 Å². The molecule has 0 bridgehead atoms. The fraction of sp³-hybridized carbons (Fsp3) is 0.231. The summed E-state index contributed by atoms with van der Waals surface area (Å²) in [5.74, 6) is 0.450. The maximum Gasteiger partial charge on any atom is 0.138 e. The molecule has 5 aromatic rings. The number of nitrogens with zero attached hydrogens (tertiary/aromatic N) is 6. The van der Waals surface area contributed by atoms with Gasteiger partial charge in [-0.3, -0.25) is 4.90 Å². The minimum atomic E-state index is -0.274. The number of rotatable bonds is 7. The summed E-state index contributed by atoms with van der Waals surface area (Å²) >= 11 is 2.89. The van der Waals surface area contributed by atoms with Crippen LogP contribution >= 0.6 is 22.7 Å². The number of halogens is 2. The van der Waals surface area contributed by atoms with Crippen LogP contribution in [0.15, 0.2) is 65.6 Å². The predicted molar refractivity (Wildman–Crippen MR) is 136 cm³/mol. The van der Waals surface area contributed by atoms with Crippen LogP contribution in [0.2, 0.25) is 0 Å². The molecule has 0 fully saturated rings. The van der Waals surface area contributed by atoms with E-state index in [1.54, 1.807) is 30.6 Å². The first-order valence-corrected chi connectivity index (χ1v) is 13.4. The molecule has 1 aliphatic heterocycles. The van der Waals surface area contributed by atoms with E-state index in [1.807, 2.05) is 27.6 Å². The van der Waals surface area contributed by atoms with E-state index in [0.29, 0.717) is 34.2 Å². The van der Waals surface area contributed by atoms with Crippen molar-refractivity contribution in [1.82, 2.24) is 29.6 Å². The van der Waals surface area contributed by atoms with Gasteiger partial charge in [-0.25, -0.2) is 28.4 Å². The lowest BCUT2D eigenvalue weighted by molar-refractivity contribution is 0.132. The molecule has 6 rings (SSSR count). The van der Waals surface area contributed by atoms with Crippen molar-refractivity contribution < 1.29 is 8.78 Å². The molecule has 4 heterocycles. The first-order chi connectivity index (χ1) is 17.6. The Morgan fingerprint density at radius 1 is 0.861 bits per heavy atom.